The van der Waals surface area contributed by atoms with Crippen LogP contribution in [0.15, 0.2) is 53.4 Å². The Balaban J connectivity index is 2.18. The summed E-state index contributed by atoms with van der Waals surface area (Å²) in [5.74, 6) is 0.372. The van der Waals surface area contributed by atoms with Gasteiger partial charge in [0, 0.05) is 17.3 Å². The van der Waals surface area contributed by atoms with E-state index >= 15 is 0 Å². The molecule has 0 saturated carbocycles. The first-order chi connectivity index (χ1) is 12.4. The molecule has 0 aliphatic heterocycles. The van der Waals surface area contributed by atoms with Crippen molar-refractivity contribution in [3.8, 4) is 5.75 Å². The molecule has 0 aliphatic carbocycles. The topological polar surface area (TPSA) is 84.5 Å². The highest BCUT2D eigenvalue weighted by Crippen LogP contribution is 2.20. The van der Waals surface area contributed by atoms with Gasteiger partial charge in [-0.05, 0) is 62.7 Å². The maximum Gasteiger partial charge on any atom is 0.261 e. The van der Waals surface area contributed by atoms with E-state index in [1.54, 1.807) is 36.4 Å². The van der Waals surface area contributed by atoms with E-state index in [0.717, 1.165) is 6.42 Å². The summed E-state index contributed by atoms with van der Waals surface area (Å²) < 4.78 is 33.0. The number of carbonyl (C=O) groups is 1. The molecule has 1 amide bonds. The highest BCUT2D eigenvalue weighted by molar-refractivity contribution is 7.92. The third-order valence-electron chi connectivity index (χ3n) is 3.81. The first kappa shape index (κ1) is 19.8. The Morgan fingerprint density at radius 3 is 2.42 bits per heavy atom. The summed E-state index contributed by atoms with van der Waals surface area (Å²) in [5.41, 5.74) is 0.725. The van der Waals surface area contributed by atoms with E-state index in [9.17, 15) is 13.2 Å². The minimum atomic E-state index is -3.80. The molecule has 2 aromatic carbocycles. The number of anilines is 1. The van der Waals surface area contributed by atoms with Crippen molar-refractivity contribution in [3.05, 3.63) is 54.1 Å². The Morgan fingerprint density at radius 1 is 1.12 bits per heavy atom. The molecule has 0 spiro atoms. The normalized spacial score (nSPS) is 12.3. The number of hydrogen-bond acceptors (Lipinski definition) is 4. The van der Waals surface area contributed by atoms with Gasteiger partial charge in [-0.15, -0.1) is 0 Å². The van der Waals surface area contributed by atoms with Crippen molar-refractivity contribution in [2.75, 3.05) is 11.3 Å². The van der Waals surface area contributed by atoms with E-state index in [-0.39, 0.29) is 16.8 Å². The SMILES string of the molecule is CCOc1ccc(NS(=O)(=O)c2cccc(C(=O)NC(C)CC)c2)cc1. The highest BCUT2D eigenvalue weighted by atomic mass is 32.2. The lowest BCUT2D eigenvalue weighted by atomic mass is 10.2. The Bertz CT molecular complexity index is 848. The van der Waals surface area contributed by atoms with Crippen molar-refractivity contribution in [2.45, 2.75) is 38.1 Å². The van der Waals surface area contributed by atoms with Crippen molar-refractivity contribution >= 4 is 21.6 Å². The second-order valence-electron chi connectivity index (χ2n) is 5.87. The average Bonchev–Trinajstić information content (AvgIpc) is 2.63. The number of amides is 1. The van der Waals surface area contributed by atoms with Crippen molar-refractivity contribution < 1.29 is 17.9 Å². The lowest BCUT2D eigenvalue weighted by Gasteiger charge is -2.13. The minimum absolute atomic E-state index is 0.0183. The molecule has 1 unspecified atom stereocenters. The Kier molecular flexibility index (Phi) is 6.63. The predicted octanol–water partition coefficient (Wildman–Crippen LogP) is 3.41. The zero-order valence-electron chi connectivity index (χ0n) is 15.2. The van der Waals surface area contributed by atoms with E-state index in [4.69, 9.17) is 4.74 Å². The maximum atomic E-state index is 12.6. The van der Waals surface area contributed by atoms with Crippen molar-refractivity contribution in [3.63, 3.8) is 0 Å². The van der Waals surface area contributed by atoms with Gasteiger partial charge < -0.3 is 10.1 Å². The van der Waals surface area contributed by atoms with E-state index in [1.807, 2.05) is 20.8 Å². The molecule has 0 radical (unpaired) electrons. The first-order valence-corrected chi connectivity index (χ1v) is 10.0. The summed E-state index contributed by atoms with van der Waals surface area (Å²) in [6.07, 6.45) is 0.795. The van der Waals surface area contributed by atoms with Gasteiger partial charge in [-0.1, -0.05) is 13.0 Å². The van der Waals surface area contributed by atoms with Gasteiger partial charge in [0.2, 0.25) is 0 Å². The molecule has 1 atom stereocenters. The molecule has 0 aromatic heterocycles. The Labute approximate surface area is 154 Å². The van der Waals surface area contributed by atoms with Crippen LogP contribution in [0.5, 0.6) is 5.75 Å². The molecule has 0 bridgehead atoms. The van der Waals surface area contributed by atoms with Gasteiger partial charge in [-0.25, -0.2) is 8.42 Å². The van der Waals surface area contributed by atoms with Crippen molar-refractivity contribution in [2.24, 2.45) is 0 Å². The number of nitrogens with one attached hydrogen (secondary N) is 2. The molecule has 2 rings (SSSR count). The number of ether oxygens (including phenoxy) is 1. The second-order valence-corrected chi connectivity index (χ2v) is 7.56. The molecule has 26 heavy (non-hydrogen) atoms. The third-order valence-corrected chi connectivity index (χ3v) is 5.19. The predicted molar refractivity (Wildman–Crippen MR) is 102 cm³/mol. The molecule has 140 valence electrons. The van der Waals surface area contributed by atoms with Crippen LogP contribution < -0.4 is 14.8 Å². The fourth-order valence-corrected chi connectivity index (χ4v) is 3.32. The van der Waals surface area contributed by atoms with Gasteiger partial charge in [-0.3, -0.25) is 9.52 Å². The zero-order valence-corrected chi connectivity index (χ0v) is 16.0. The molecule has 0 aliphatic rings. The zero-order chi connectivity index (χ0) is 19.2. The summed E-state index contributed by atoms with van der Waals surface area (Å²) in [6, 6.07) is 12.6. The van der Waals surface area contributed by atoms with Crippen LogP contribution in [-0.4, -0.2) is 27.0 Å². The number of benzene rings is 2. The quantitative estimate of drug-likeness (QED) is 0.739. The molecule has 6 nitrogen and oxygen atoms in total. The van der Waals surface area contributed by atoms with Crippen LogP contribution in [0.1, 0.15) is 37.6 Å². The number of carbonyl (C=O) groups excluding carboxylic acids is 1. The molecule has 0 fully saturated rings. The maximum absolute atomic E-state index is 12.6. The van der Waals surface area contributed by atoms with Crippen molar-refractivity contribution in [1.82, 2.24) is 5.32 Å². The Hall–Kier alpha value is -2.54. The van der Waals surface area contributed by atoms with Crippen molar-refractivity contribution in [1.29, 1.82) is 0 Å². The smallest absolute Gasteiger partial charge is 0.261 e. The Morgan fingerprint density at radius 2 is 1.81 bits per heavy atom. The van der Waals surface area contributed by atoms with Crippen LogP contribution in [-0.2, 0) is 10.0 Å². The summed E-state index contributed by atoms with van der Waals surface area (Å²) >= 11 is 0. The van der Waals surface area contributed by atoms with Crippen LogP contribution in [0.4, 0.5) is 5.69 Å². The standard InChI is InChI=1S/C19H24N2O4S/c1-4-14(3)20-19(22)15-7-6-8-18(13-15)26(23,24)21-16-9-11-17(12-10-16)25-5-2/h6-14,21H,4-5H2,1-3H3,(H,20,22). The van der Waals surface area contributed by atoms with Gasteiger partial charge in [-0.2, -0.15) is 0 Å². The van der Waals surface area contributed by atoms with E-state index in [1.165, 1.54) is 12.1 Å². The summed E-state index contributed by atoms with van der Waals surface area (Å²) in [4.78, 5) is 12.2. The van der Waals surface area contributed by atoms with E-state index in [2.05, 4.69) is 10.0 Å². The largest absolute Gasteiger partial charge is 0.494 e. The van der Waals surface area contributed by atoms with Crippen LogP contribution in [0, 0.1) is 0 Å². The van der Waals surface area contributed by atoms with Gasteiger partial charge in [0.1, 0.15) is 5.75 Å². The van der Waals surface area contributed by atoms with Crippen LogP contribution in [0.3, 0.4) is 0 Å². The third kappa shape index (κ3) is 5.23. The minimum Gasteiger partial charge on any atom is -0.494 e. The first-order valence-electron chi connectivity index (χ1n) is 8.52. The van der Waals surface area contributed by atoms with Crippen LogP contribution >= 0.6 is 0 Å². The van der Waals surface area contributed by atoms with Crippen LogP contribution in [0.25, 0.3) is 0 Å². The summed E-state index contributed by atoms with van der Waals surface area (Å²) in [7, 11) is -3.80. The molecular weight excluding hydrogens is 352 g/mol. The van der Waals surface area contributed by atoms with Crippen LogP contribution in [0.2, 0.25) is 0 Å². The highest BCUT2D eigenvalue weighted by Gasteiger charge is 2.17. The van der Waals surface area contributed by atoms with Gasteiger partial charge >= 0.3 is 0 Å². The molecule has 2 aromatic rings. The summed E-state index contributed by atoms with van der Waals surface area (Å²) in [6.45, 7) is 6.27. The number of rotatable bonds is 8. The van der Waals surface area contributed by atoms with Gasteiger partial charge in [0.25, 0.3) is 15.9 Å². The van der Waals surface area contributed by atoms with Gasteiger partial charge in [0.05, 0.1) is 11.5 Å². The molecule has 0 heterocycles. The molecular formula is C19H24N2O4S. The number of hydrogen-bond donors (Lipinski definition) is 2. The van der Waals surface area contributed by atoms with E-state index in [0.29, 0.717) is 23.6 Å². The summed E-state index contributed by atoms with van der Waals surface area (Å²) in [5, 5.41) is 2.82. The average molecular weight is 376 g/mol. The monoisotopic (exact) mass is 376 g/mol. The van der Waals surface area contributed by atoms with E-state index < -0.39 is 10.0 Å². The lowest BCUT2D eigenvalue weighted by Crippen LogP contribution is -2.32. The molecule has 7 heteroatoms. The fraction of sp³-hybridized carbons (Fsp3) is 0.316. The number of sulfonamides is 1. The second kappa shape index (κ2) is 8.71. The fourth-order valence-electron chi connectivity index (χ4n) is 2.21. The molecule has 2 N–H and O–H groups in total. The van der Waals surface area contributed by atoms with Gasteiger partial charge in [0.15, 0.2) is 0 Å². The molecule has 0 saturated heterocycles. The lowest BCUT2D eigenvalue weighted by molar-refractivity contribution is 0.0939.